The molecule has 90 valence electrons. The highest BCUT2D eigenvalue weighted by molar-refractivity contribution is 5.85. The van der Waals surface area contributed by atoms with E-state index < -0.39 is 12.0 Å². The Kier molecular flexibility index (Phi) is 5.85. The van der Waals surface area contributed by atoms with E-state index in [1.165, 1.54) is 0 Å². The second-order valence-electron chi connectivity index (χ2n) is 3.44. The molecule has 16 heavy (non-hydrogen) atoms. The fourth-order valence-electron chi connectivity index (χ4n) is 1.35. The van der Waals surface area contributed by atoms with E-state index in [0.29, 0.717) is 6.42 Å². The van der Waals surface area contributed by atoms with Crippen molar-refractivity contribution >= 4 is 18.4 Å². The first-order valence-corrected chi connectivity index (χ1v) is 4.66. The second-order valence-corrected chi connectivity index (χ2v) is 3.44. The summed E-state index contributed by atoms with van der Waals surface area (Å²) in [5.74, 6) is -0.217. The number of hydrogen-bond acceptors (Lipinski definition) is 3. The van der Waals surface area contributed by atoms with Gasteiger partial charge in [-0.25, -0.2) is 0 Å². The molecule has 0 fully saturated rings. The lowest BCUT2D eigenvalue weighted by molar-refractivity contribution is -0.138. The summed E-state index contributed by atoms with van der Waals surface area (Å²) in [4.78, 5) is 10.6. The molecule has 0 aliphatic rings. The van der Waals surface area contributed by atoms with E-state index in [9.17, 15) is 4.79 Å². The molecular weight excluding hydrogens is 230 g/mol. The number of nitrogens with two attached hydrogens (primary N) is 1. The van der Waals surface area contributed by atoms with Crippen LogP contribution in [-0.4, -0.2) is 24.2 Å². The molecule has 1 rings (SSSR count). The highest BCUT2D eigenvalue weighted by Gasteiger charge is 2.13. The van der Waals surface area contributed by atoms with Crippen LogP contribution in [0.5, 0.6) is 5.75 Å². The number of ether oxygens (including phenoxy) is 1. The maximum absolute atomic E-state index is 10.6. The number of carbonyl (C=O) groups is 1. The van der Waals surface area contributed by atoms with Crippen LogP contribution >= 0.6 is 12.4 Å². The number of methoxy groups -OCH3 is 1. The van der Waals surface area contributed by atoms with E-state index in [1.807, 2.05) is 19.1 Å². The molecule has 1 aromatic carbocycles. The molecular formula is C11H16ClNO3. The zero-order valence-electron chi connectivity index (χ0n) is 9.27. The van der Waals surface area contributed by atoms with Crippen molar-refractivity contribution in [1.82, 2.24) is 0 Å². The first-order chi connectivity index (χ1) is 7.04. The van der Waals surface area contributed by atoms with E-state index in [0.717, 1.165) is 16.9 Å². The van der Waals surface area contributed by atoms with Gasteiger partial charge in [0.25, 0.3) is 0 Å². The molecule has 0 aromatic heterocycles. The quantitative estimate of drug-likeness (QED) is 0.841. The van der Waals surface area contributed by atoms with Gasteiger partial charge < -0.3 is 15.6 Å². The molecule has 0 saturated carbocycles. The van der Waals surface area contributed by atoms with Crippen LogP contribution < -0.4 is 10.5 Å². The van der Waals surface area contributed by atoms with Crippen molar-refractivity contribution in [1.29, 1.82) is 0 Å². The third kappa shape index (κ3) is 3.72. The van der Waals surface area contributed by atoms with Gasteiger partial charge in [-0.05, 0) is 36.6 Å². The summed E-state index contributed by atoms with van der Waals surface area (Å²) in [5.41, 5.74) is 7.38. The third-order valence-corrected chi connectivity index (χ3v) is 2.31. The van der Waals surface area contributed by atoms with E-state index in [-0.39, 0.29) is 12.4 Å². The predicted molar refractivity (Wildman–Crippen MR) is 64.3 cm³/mol. The summed E-state index contributed by atoms with van der Waals surface area (Å²) in [6.45, 7) is 1.91. The maximum Gasteiger partial charge on any atom is 0.320 e. The Morgan fingerprint density at radius 3 is 2.62 bits per heavy atom. The molecule has 4 nitrogen and oxygen atoms in total. The van der Waals surface area contributed by atoms with Gasteiger partial charge in [0, 0.05) is 0 Å². The molecule has 0 radical (unpaired) electrons. The standard InChI is InChI=1S/C11H15NO3.ClH/c1-7-5-9(15-2)4-3-8(7)6-10(12)11(13)14;/h3-5,10H,6,12H2,1-2H3,(H,13,14);1H. The Labute approximate surface area is 101 Å². The fraction of sp³-hybridized carbons (Fsp3) is 0.364. The zero-order chi connectivity index (χ0) is 11.4. The number of halogens is 1. The van der Waals surface area contributed by atoms with Gasteiger partial charge in [0.05, 0.1) is 7.11 Å². The van der Waals surface area contributed by atoms with E-state index in [1.54, 1.807) is 13.2 Å². The van der Waals surface area contributed by atoms with Crippen molar-refractivity contribution in [2.24, 2.45) is 5.73 Å². The van der Waals surface area contributed by atoms with Gasteiger partial charge in [-0.15, -0.1) is 12.4 Å². The van der Waals surface area contributed by atoms with Crippen molar-refractivity contribution < 1.29 is 14.6 Å². The molecule has 1 unspecified atom stereocenters. The Hall–Kier alpha value is -1.26. The van der Waals surface area contributed by atoms with E-state index in [2.05, 4.69) is 0 Å². The molecule has 0 saturated heterocycles. The van der Waals surface area contributed by atoms with E-state index in [4.69, 9.17) is 15.6 Å². The number of carboxylic acids is 1. The summed E-state index contributed by atoms with van der Waals surface area (Å²) in [7, 11) is 1.59. The number of carboxylic acid groups (broad SMARTS) is 1. The average molecular weight is 246 g/mol. The van der Waals surface area contributed by atoms with Gasteiger partial charge in [0.15, 0.2) is 0 Å². The molecule has 1 aromatic rings. The number of aryl methyl sites for hydroxylation is 1. The molecule has 0 aliphatic heterocycles. The van der Waals surface area contributed by atoms with Crippen LogP contribution in [0.15, 0.2) is 18.2 Å². The summed E-state index contributed by atoms with van der Waals surface area (Å²) in [6, 6.07) is 4.66. The predicted octanol–water partition coefficient (Wildman–Crippen LogP) is 1.38. The van der Waals surface area contributed by atoms with Gasteiger partial charge in [-0.1, -0.05) is 6.07 Å². The van der Waals surface area contributed by atoms with E-state index >= 15 is 0 Å². The summed E-state index contributed by atoms with van der Waals surface area (Å²) < 4.78 is 5.05. The largest absolute Gasteiger partial charge is 0.497 e. The van der Waals surface area contributed by atoms with Gasteiger partial charge in [-0.2, -0.15) is 0 Å². The van der Waals surface area contributed by atoms with Gasteiger partial charge >= 0.3 is 5.97 Å². The first-order valence-electron chi connectivity index (χ1n) is 4.66. The van der Waals surface area contributed by atoms with Crippen molar-refractivity contribution in [2.75, 3.05) is 7.11 Å². The van der Waals surface area contributed by atoms with Crippen LogP contribution in [0.3, 0.4) is 0 Å². The van der Waals surface area contributed by atoms with Crippen LogP contribution in [0.1, 0.15) is 11.1 Å². The minimum absolute atomic E-state index is 0. The van der Waals surface area contributed by atoms with Crippen LogP contribution in [-0.2, 0) is 11.2 Å². The molecule has 0 spiro atoms. The lowest BCUT2D eigenvalue weighted by Crippen LogP contribution is -2.32. The molecule has 0 aliphatic carbocycles. The number of benzene rings is 1. The molecule has 0 amide bonds. The van der Waals surface area contributed by atoms with Crippen LogP contribution in [0.4, 0.5) is 0 Å². The molecule has 3 N–H and O–H groups in total. The molecule has 5 heteroatoms. The Bertz CT molecular complexity index is 368. The van der Waals surface area contributed by atoms with Crippen molar-refractivity contribution in [3.63, 3.8) is 0 Å². The normalized spacial score (nSPS) is 11.4. The smallest absolute Gasteiger partial charge is 0.320 e. The van der Waals surface area contributed by atoms with Crippen molar-refractivity contribution in [3.8, 4) is 5.75 Å². The third-order valence-electron chi connectivity index (χ3n) is 2.31. The van der Waals surface area contributed by atoms with Gasteiger partial charge in [0.2, 0.25) is 0 Å². The van der Waals surface area contributed by atoms with Crippen LogP contribution in [0, 0.1) is 6.92 Å². The number of rotatable bonds is 4. The molecule has 0 bridgehead atoms. The Balaban J connectivity index is 0.00000225. The highest BCUT2D eigenvalue weighted by atomic mass is 35.5. The topological polar surface area (TPSA) is 72.5 Å². The number of hydrogen-bond donors (Lipinski definition) is 2. The van der Waals surface area contributed by atoms with Crippen molar-refractivity contribution in [2.45, 2.75) is 19.4 Å². The average Bonchev–Trinajstić information content (AvgIpc) is 2.20. The monoisotopic (exact) mass is 245 g/mol. The Morgan fingerprint density at radius 2 is 2.19 bits per heavy atom. The minimum atomic E-state index is -0.981. The second kappa shape index (κ2) is 6.35. The Morgan fingerprint density at radius 1 is 1.56 bits per heavy atom. The highest BCUT2D eigenvalue weighted by Crippen LogP contribution is 2.17. The van der Waals surface area contributed by atoms with Gasteiger partial charge in [0.1, 0.15) is 11.8 Å². The summed E-state index contributed by atoms with van der Waals surface area (Å²) >= 11 is 0. The van der Waals surface area contributed by atoms with Crippen molar-refractivity contribution in [3.05, 3.63) is 29.3 Å². The lowest BCUT2D eigenvalue weighted by Gasteiger charge is -2.10. The van der Waals surface area contributed by atoms with Crippen LogP contribution in [0.25, 0.3) is 0 Å². The fourth-order valence-corrected chi connectivity index (χ4v) is 1.35. The SMILES string of the molecule is COc1ccc(CC(N)C(=O)O)c(C)c1.Cl. The molecule has 1 atom stereocenters. The molecule has 0 heterocycles. The maximum atomic E-state index is 10.6. The van der Waals surface area contributed by atoms with Crippen LogP contribution in [0.2, 0.25) is 0 Å². The summed E-state index contributed by atoms with van der Waals surface area (Å²) in [6.07, 6.45) is 0.338. The van der Waals surface area contributed by atoms with Gasteiger partial charge in [-0.3, -0.25) is 4.79 Å². The minimum Gasteiger partial charge on any atom is -0.497 e. The summed E-state index contributed by atoms with van der Waals surface area (Å²) in [5, 5.41) is 8.69. The lowest BCUT2D eigenvalue weighted by atomic mass is 10.0. The first kappa shape index (κ1) is 14.7. The number of aliphatic carboxylic acids is 1. The zero-order valence-corrected chi connectivity index (χ0v) is 10.1.